The molecule has 2 heterocycles. The second-order valence-corrected chi connectivity index (χ2v) is 6.10. The molecule has 6 nitrogen and oxygen atoms in total. The molecule has 0 bridgehead atoms. The lowest BCUT2D eigenvalue weighted by molar-refractivity contribution is -0.129. The molecule has 0 aromatic carbocycles. The Kier molecular flexibility index (Phi) is 5.19. The van der Waals surface area contributed by atoms with Crippen LogP contribution in [0.25, 0.3) is 0 Å². The monoisotopic (exact) mass is 295 g/mol. The fourth-order valence-corrected chi connectivity index (χ4v) is 3.23. The minimum atomic E-state index is -0.161. The van der Waals surface area contributed by atoms with E-state index >= 15 is 0 Å². The predicted octanol–water partition coefficient (Wildman–Crippen LogP) is 1.03. The molecule has 110 valence electrons. The first-order valence-electron chi connectivity index (χ1n) is 6.85. The fourth-order valence-electron chi connectivity index (χ4n) is 2.27. The van der Waals surface area contributed by atoms with Crippen LogP contribution in [0.2, 0.25) is 0 Å². The summed E-state index contributed by atoms with van der Waals surface area (Å²) in [6.45, 7) is 8.32. The van der Waals surface area contributed by atoms with Gasteiger partial charge in [-0.1, -0.05) is 17.8 Å². The van der Waals surface area contributed by atoms with Gasteiger partial charge < -0.3 is 15.2 Å². The Morgan fingerprint density at radius 2 is 2.20 bits per heavy atom. The summed E-state index contributed by atoms with van der Waals surface area (Å²) in [5.41, 5.74) is 5.64. The molecule has 1 fully saturated rings. The zero-order valence-corrected chi connectivity index (χ0v) is 12.6. The van der Waals surface area contributed by atoms with Crippen LogP contribution in [0.15, 0.2) is 17.8 Å². The van der Waals surface area contributed by atoms with Gasteiger partial charge in [0.05, 0.1) is 11.8 Å². The summed E-state index contributed by atoms with van der Waals surface area (Å²) in [7, 11) is 0. The van der Waals surface area contributed by atoms with Crippen LogP contribution in [-0.2, 0) is 17.9 Å². The lowest BCUT2D eigenvalue weighted by Crippen LogP contribution is -2.34. The van der Waals surface area contributed by atoms with Gasteiger partial charge in [0.25, 0.3) is 0 Å². The van der Waals surface area contributed by atoms with E-state index in [1.807, 2.05) is 16.4 Å². The Morgan fingerprint density at radius 3 is 2.80 bits per heavy atom. The number of nitrogens with zero attached hydrogens (tertiary/aromatic N) is 4. The molecular formula is C13H21N5OS. The number of allylic oxidation sites excluding steroid dienone is 1. The van der Waals surface area contributed by atoms with E-state index < -0.39 is 0 Å². The van der Waals surface area contributed by atoms with Gasteiger partial charge in [-0.25, -0.2) is 0 Å². The van der Waals surface area contributed by atoms with E-state index in [-0.39, 0.29) is 11.2 Å². The van der Waals surface area contributed by atoms with Crippen molar-refractivity contribution in [2.75, 3.05) is 13.1 Å². The summed E-state index contributed by atoms with van der Waals surface area (Å²) >= 11 is 1.44. The largest absolute Gasteiger partial charge is 0.342 e. The van der Waals surface area contributed by atoms with E-state index in [0.29, 0.717) is 18.9 Å². The van der Waals surface area contributed by atoms with Crippen molar-refractivity contribution < 1.29 is 4.79 Å². The maximum atomic E-state index is 12.3. The summed E-state index contributed by atoms with van der Waals surface area (Å²) < 4.78 is 1.91. The number of hydrogen-bond acceptors (Lipinski definition) is 5. The van der Waals surface area contributed by atoms with Gasteiger partial charge in [-0.3, -0.25) is 4.79 Å². The van der Waals surface area contributed by atoms with Crippen molar-refractivity contribution in [3.05, 3.63) is 18.5 Å². The molecule has 0 saturated carbocycles. The molecule has 1 aromatic heterocycles. The molecule has 0 aliphatic carbocycles. The van der Waals surface area contributed by atoms with Crippen LogP contribution in [0.3, 0.4) is 0 Å². The molecule has 1 aliphatic rings. The summed E-state index contributed by atoms with van der Waals surface area (Å²) in [4.78, 5) is 14.2. The molecular weight excluding hydrogens is 274 g/mol. The minimum absolute atomic E-state index is 0.161. The van der Waals surface area contributed by atoms with E-state index in [1.54, 1.807) is 6.08 Å². The van der Waals surface area contributed by atoms with Crippen LogP contribution >= 0.6 is 11.8 Å². The fraction of sp³-hybridized carbons (Fsp3) is 0.615. The van der Waals surface area contributed by atoms with Gasteiger partial charge in [0.1, 0.15) is 5.82 Å². The van der Waals surface area contributed by atoms with Crippen molar-refractivity contribution in [3.63, 3.8) is 0 Å². The van der Waals surface area contributed by atoms with Gasteiger partial charge >= 0.3 is 0 Å². The summed E-state index contributed by atoms with van der Waals surface area (Å²) in [5.74, 6) is 0.892. The van der Waals surface area contributed by atoms with E-state index in [4.69, 9.17) is 5.73 Å². The third kappa shape index (κ3) is 3.21. The van der Waals surface area contributed by atoms with Crippen LogP contribution < -0.4 is 5.73 Å². The van der Waals surface area contributed by atoms with Crippen LogP contribution in [0.4, 0.5) is 0 Å². The summed E-state index contributed by atoms with van der Waals surface area (Å²) in [6.07, 6.45) is 3.99. The van der Waals surface area contributed by atoms with Crippen LogP contribution in [-0.4, -0.2) is 43.9 Å². The lowest BCUT2D eigenvalue weighted by atomic mass is 10.4. The zero-order chi connectivity index (χ0) is 14.5. The number of thioether (sulfide) groups is 1. The highest BCUT2D eigenvalue weighted by Gasteiger charge is 2.25. The number of aromatic nitrogens is 3. The van der Waals surface area contributed by atoms with Crippen molar-refractivity contribution in [2.24, 2.45) is 5.73 Å². The molecule has 1 aromatic rings. The minimum Gasteiger partial charge on any atom is -0.342 e. The second-order valence-electron chi connectivity index (χ2n) is 4.79. The number of carbonyl (C=O) groups excluding carboxylic acids is 1. The first-order chi connectivity index (χ1) is 9.67. The van der Waals surface area contributed by atoms with Crippen LogP contribution in [0, 0.1) is 0 Å². The molecule has 2 rings (SSSR count). The van der Waals surface area contributed by atoms with Crippen LogP contribution in [0.1, 0.15) is 25.6 Å². The molecule has 1 amide bonds. The SMILES string of the molecule is C=CCn1c(CN)nnc1SC(C)C(=O)N1CCCC1. The Hall–Kier alpha value is -1.34. The Bertz CT molecular complexity index is 481. The molecule has 20 heavy (non-hydrogen) atoms. The predicted molar refractivity (Wildman–Crippen MR) is 79.2 cm³/mol. The van der Waals surface area contributed by atoms with Gasteiger partial charge in [0.15, 0.2) is 5.16 Å². The second kappa shape index (κ2) is 6.90. The highest BCUT2D eigenvalue weighted by Crippen LogP contribution is 2.25. The molecule has 2 N–H and O–H groups in total. The standard InChI is InChI=1S/C13H21N5OS/c1-3-6-18-11(9-14)15-16-13(18)20-10(2)12(19)17-7-4-5-8-17/h3,10H,1,4-9,14H2,2H3. The quantitative estimate of drug-likeness (QED) is 0.626. The Balaban J connectivity index is 2.06. The lowest BCUT2D eigenvalue weighted by Gasteiger charge is -2.19. The maximum Gasteiger partial charge on any atom is 0.235 e. The number of nitrogens with two attached hydrogens (primary N) is 1. The van der Waals surface area contributed by atoms with Gasteiger partial charge in [0.2, 0.25) is 5.91 Å². The topological polar surface area (TPSA) is 77.0 Å². The molecule has 0 spiro atoms. The van der Waals surface area contributed by atoms with E-state index in [0.717, 1.165) is 31.1 Å². The Morgan fingerprint density at radius 1 is 1.50 bits per heavy atom. The maximum absolute atomic E-state index is 12.3. The zero-order valence-electron chi connectivity index (χ0n) is 11.8. The molecule has 1 aliphatic heterocycles. The molecule has 0 radical (unpaired) electrons. The van der Waals surface area contributed by atoms with Crippen molar-refractivity contribution in [2.45, 2.75) is 43.3 Å². The highest BCUT2D eigenvalue weighted by atomic mass is 32.2. The third-order valence-electron chi connectivity index (χ3n) is 3.34. The number of rotatable bonds is 6. The number of carbonyl (C=O) groups is 1. The number of likely N-dealkylation sites (tertiary alicyclic amines) is 1. The molecule has 1 unspecified atom stereocenters. The van der Waals surface area contributed by atoms with Crippen molar-refractivity contribution in [3.8, 4) is 0 Å². The average molecular weight is 295 g/mol. The molecule has 7 heteroatoms. The summed E-state index contributed by atoms with van der Waals surface area (Å²) in [5, 5.41) is 8.76. The van der Waals surface area contributed by atoms with E-state index in [1.165, 1.54) is 11.8 Å². The van der Waals surface area contributed by atoms with Crippen molar-refractivity contribution in [1.82, 2.24) is 19.7 Å². The average Bonchev–Trinajstić information content (AvgIpc) is 3.09. The third-order valence-corrected chi connectivity index (χ3v) is 4.40. The van der Waals surface area contributed by atoms with E-state index in [2.05, 4.69) is 16.8 Å². The van der Waals surface area contributed by atoms with Gasteiger partial charge in [-0.15, -0.1) is 16.8 Å². The van der Waals surface area contributed by atoms with Gasteiger partial charge in [0, 0.05) is 19.6 Å². The van der Waals surface area contributed by atoms with Gasteiger partial charge in [-0.2, -0.15) is 0 Å². The first kappa shape index (κ1) is 15.1. The highest BCUT2D eigenvalue weighted by molar-refractivity contribution is 8.00. The first-order valence-corrected chi connectivity index (χ1v) is 7.73. The molecule has 1 atom stereocenters. The van der Waals surface area contributed by atoms with Crippen molar-refractivity contribution in [1.29, 1.82) is 0 Å². The summed E-state index contributed by atoms with van der Waals surface area (Å²) in [6, 6.07) is 0. The smallest absolute Gasteiger partial charge is 0.235 e. The Labute approximate surface area is 123 Å². The van der Waals surface area contributed by atoms with Crippen LogP contribution in [0.5, 0.6) is 0 Å². The van der Waals surface area contributed by atoms with E-state index in [9.17, 15) is 4.79 Å². The van der Waals surface area contributed by atoms with Crippen molar-refractivity contribution >= 4 is 17.7 Å². The number of hydrogen-bond donors (Lipinski definition) is 1. The normalized spacial score (nSPS) is 16.4. The van der Waals surface area contributed by atoms with Gasteiger partial charge in [-0.05, 0) is 19.8 Å². The molecule has 1 saturated heterocycles. The number of amides is 1.